The second kappa shape index (κ2) is 9.74. The molecule has 0 aliphatic rings. The summed E-state index contributed by atoms with van der Waals surface area (Å²) in [5, 5.41) is 15.7. The molecule has 5 rings (SSSR count). The minimum Gasteiger partial charge on any atom is -0.467 e. The number of rotatable bonds is 9. The number of fused-ring (bicyclic) bond motifs is 1. The maximum Gasteiger partial charge on any atom is 0.252 e. The van der Waals surface area contributed by atoms with Crippen LogP contribution in [-0.2, 0) is 19.6 Å². The van der Waals surface area contributed by atoms with E-state index in [2.05, 4.69) is 56.8 Å². The second-order valence-electron chi connectivity index (χ2n) is 8.40. The Morgan fingerprint density at radius 1 is 1.18 bits per heavy atom. The van der Waals surface area contributed by atoms with Crippen LogP contribution in [0, 0.1) is 6.92 Å². The number of aryl methyl sites for hydroxylation is 1. The van der Waals surface area contributed by atoms with Crippen molar-refractivity contribution in [3.05, 3.63) is 98.1 Å². The molecule has 174 valence electrons. The average Bonchev–Trinajstić information content (AvgIpc) is 3.60. The molecule has 0 fully saturated rings. The summed E-state index contributed by atoms with van der Waals surface area (Å²) in [6.45, 7) is 5.79. The van der Waals surface area contributed by atoms with Crippen LogP contribution in [0.5, 0.6) is 0 Å². The Balaban J connectivity index is 1.51. The largest absolute Gasteiger partial charge is 0.467 e. The number of aromatic amines is 1. The van der Waals surface area contributed by atoms with Gasteiger partial charge in [0.2, 0.25) is 0 Å². The van der Waals surface area contributed by atoms with Crippen molar-refractivity contribution in [2.45, 2.75) is 45.9 Å². The van der Waals surface area contributed by atoms with Gasteiger partial charge in [-0.1, -0.05) is 24.6 Å². The highest BCUT2D eigenvalue weighted by molar-refractivity contribution is 7.09. The maximum atomic E-state index is 13.0. The molecule has 9 heteroatoms. The standard InChI is InChI=1S/C25H26N6O2S/c1-3-23(24-27-28-29-31(24)15-20-6-4-10-33-20)30(16-21-7-5-11-34-21)14-19-13-18-12-17(2)8-9-22(18)26-25(19)32/h4-13,23H,3,14-16H2,1-2H3,(H,26,32)/t23-/m0/s1. The fraction of sp³-hybridized carbons (Fsp3) is 0.280. The van der Waals surface area contributed by atoms with E-state index in [1.54, 1.807) is 22.3 Å². The highest BCUT2D eigenvalue weighted by Crippen LogP contribution is 2.28. The third-order valence-corrected chi connectivity index (χ3v) is 6.82. The van der Waals surface area contributed by atoms with E-state index < -0.39 is 0 Å². The summed E-state index contributed by atoms with van der Waals surface area (Å²) in [5.41, 5.74) is 2.65. The van der Waals surface area contributed by atoms with Crippen LogP contribution >= 0.6 is 11.3 Å². The molecule has 8 nitrogen and oxygen atoms in total. The summed E-state index contributed by atoms with van der Waals surface area (Å²) in [6.07, 6.45) is 2.43. The predicted molar refractivity (Wildman–Crippen MR) is 132 cm³/mol. The molecule has 0 aliphatic carbocycles. The topological polar surface area (TPSA) is 92.8 Å². The smallest absolute Gasteiger partial charge is 0.252 e. The van der Waals surface area contributed by atoms with E-state index in [4.69, 9.17) is 4.42 Å². The molecule has 0 bridgehead atoms. The molecule has 0 amide bonds. The highest BCUT2D eigenvalue weighted by Gasteiger charge is 2.26. The molecular weight excluding hydrogens is 448 g/mol. The molecule has 4 aromatic heterocycles. The number of H-pyrrole nitrogens is 1. The Morgan fingerprint density at radius 3 is 2.85 bits per heavy atom. The van der Waals surface area contributed by atoms with E-state index in [9.17, 15) is 4.79 Å². The van der Waals surface area contributed by atoms with Gasteiger partial charge in [0.05, 0.1) is 12.3 Å². The van der Waals surface area contributed by atoms with Gasteiger partial charge in [0.1, 0.15) is 12.3 Å². The Labute approximate surface area is 200 Å². The normalized spacial score (nSPS) is 12.6. The SMILES string of the molecule is CC[C@@H](c1nnnn1Cc1ccco1)N(Cc1cccs1)Cc1cc2cc(C)ccc2[nH]c1=O. The molecule has 4 heterocycles. The van der Waals surface area contributed by atoms with E-state index >= 15 is 0 Å². The van der Waals surface area contributed by atoms with Crippen LogP contribution in [0.15, 0.2) is 69.4 Å². The molecule has 0 unspecified atom stereocenters. The molecule has 0 saturated heterocycles. The number of benzene rings is 1. The quantitative estimate of drug-likeness (QED) is 0.333. The third kappa shape index (κ3) is 4.71. The predicted octanol–water partition coefficient (Wildman–Crippen LogP) is 4.68. The van der Waals surface area contributed by atoms with Gasteiger partial charge < -0.3 is 9.40 Å². The number of aromatic nitrogens is 5. The van der Waals surface area contributed by atoms with Crippen LogP contribution in [0.1, 0.15) is 47.0 Å². The fourth-order valence-electron chi connectivity index (χ4n) is 4.30. The van der Waals surface area contributed by atoms with Crippen molar-refractivity contribution in [2.75, 3.05) is 0 Å². The molecule has 0 aliphatic heterocycles. The minimum atomic E-state index is -0.0836. The number of thiophene rings is 1. The first-order chi connectivity index (χ1) is 16.6. The lowest BCUT2D eigenvalue weighted by molar-refractivity contribution is 0.162. The van der Waals surface area contributed by atoms with E-state index in [1.165, 1.54) is 4.88 Å². The third-order valence-electron chi connectivity index (χ3n) is 5.96. The number of hydrogen-bond donors (Lipinski definition) is 1. The van der Waals surface area contributed by atoms with Gasteiger partial charge in [-0.15, -0.1) is 16.4 Å². The van der Waals surface area contributed by atoms with Gasteiger partial charge in [0.25, 0.3) is 5.56 Å². The van der Waals surface area contributed by atoms with Gasteiger partial charge >= 0.3 is 0 Å². The van der Waals surface area contributed by atoms with Crippen molar-refractivity contribution in [1.29, 1.82) is 0 Å². The average molecular weight is 475 g/mol. The fourth-order valence-corrected chi connectivity index (χ4v) is 5.03. The Morgan fingerprint density at radius 2 is 2.09 bits per heavy atom. The summed E-state index contributed by atoms with van der Waals surface area (Å²) in [6, 6.07) is 15.9. The van der Waals surface area contributed by atoms with Crippen molar-refractivity contribution < 1.29 is 4.42 Å². The highest BCUT2D eigenvalue weighted by atomic mass is 32.1. The lowest BCUT2D eigenvalue weighted by Gasteiger charge is -2.29. The zero-order valence-electron chi connectivity index (χ0n) is 19.1. The number of nitrogens with zero attached hydrogens (tertiary/aromatic N) is 5. The van der Waals surface area contributed by atoms with Crippen LogP contribution in [0.2, 0.25) is 0 Å². The van der Waals surface area contributed by atoms with Gasteiger partial charge in [-0.3, -0.25) is 9.69 Å². The summed E-state index contributed by atoms with van der Waals surface area (Å²) in [4.78, 5) is 19.5. The summed E-state index contributed by atoms with van der Waals surface area (Å²) >= 11 is 1.70. The lowest BCUT2D eigenvalue weighted by atomic mass is 10.1. The Bertz CT molecular complexity index is 1420. The lowest BCUT2D eigenvalue weighted by Crippen LogP contribution is -2.32. The van der Waals surface area contributed by atoms with E-state index in [0.29, 0.717) is 19.6 Å². The van der Waals surface area contributed by atoms with Gasteiger partial charge in [0, 0.05) is 29.0 Å². The summed E-state index contributed by atoms with van der Waals surface area (Å²) < 4.78 is 7.29. The van der Waals surface area contributed by atoms with Crippen molar-refractivity contribution in [3.63, 3.8) is 0 Å². The molecule has 5 aromatic rings. The number of hydrogen-bond acceptors (Lipinski definition) is 7. The molecule has 1 atom stereocenters. The van der Waals surface area contributed by atoms with E-state index in [1.807, 2.05) is 36.4 Å². The van der Waals surface area contributed by atoms with Crippen LogP contribution in [0.4, 0.5) is 0 Å². The zero-order valence-corrected chi connectivity index (χ0v) is 20.0. The Hall–Kier alpha value is -3.56. The first-order valence-corrected chi connectivity index (χ1v) is 12.2. The molecule has 0 spiro atoms. The number of furan rings is 1. The van der Waals surface area contributed by atoms with Gasteiger partial charge in [0.15, 0.2) is 5.82 Å². The van der Waals surface area contributed by atoms with Crippen molar-refractivity contribution >= 4 is 22.2 Å². The zero-order chi connectivity index (χ0) is 23.5. The van der Waals surface area contributed by atoms with Crippen LogP contribution in [0.25, 0.3) is 10.9 Å². The molecule has 0 saturated carbocycles. The number of pyridine rings is 1. The van der Waals surface area contributed by atoms with Gasteiger partial charge in [-0.2, -0.15) is 0 Å². The van der Waals surface area contributed by atoms with E-state index in [-0.39, 0.29) is 11.6 Å². The minimum absolute atomic E-state index is 0.0717. The Kier molecular flexibility index (Phi) is 6.37. The summed E-state index contributed by atoms with van der Waals surface area (Å²) in [5.74, 6) is 1.54. The molecule has 34 heavy (non-hydrogen) atoms. The second-order valence-corrected chi connectivity index (χ2v) is 9.43. The van der Waals surface area contributed by atoms with Crippen molar-refractivity contribution in [2.24, 2.45) is 0 Å². The first kappa shape index (κ1) is 22.2. The number of nitrogens with one attached hydrogen (secondary N) is 1. The number of tetrazole rings is 1. The molecular formula is C25H26N6O2S. The van der Waals surface area contributed by atoms with E-state index in [0.717, 1.165) is 40.0 Å². The molecule has 0 radical (unpaired) electrons. The maximum absolute atomic E-state index is 13.0. The van der Waals surface area contributed by atoms with Crippen LogP contribution < -0.4 is 5.56 Å². The van der Waals surface area contributed by atoms with Crippen LogP contribution in [-0.4, -0.2) is 30.1 Å². The van der Waals surface area contributed by atoms with Crippen LogP contribution in [0.3, 0.4) is 0 Å². The molecule has 1 N–H and O–H groups in total. The van der Waals surface area contributed by atoms with Crippen molar-refractivity contribution in [1.82, 2.24) is 30.1 Å². The molecule has 1 aromatic carbocycles. The summed E-state index contributed by atoms with van der Waals surface area (Å²) in [7, 11) is 0. The van der Waals surface area contributed by atoms with Gasteiger partial charge in [-0.25, -0.2) is 4.68 Å². The van der Waals surface area contributed by atoms with Gasteiger partial charge in [-0.05, 0) is 70.9 Å². The van der Waals surface area contributed by atoms with Crippen molar-refractivity contribution in [3.8, 4) is 0 Å². The monoisotopic (exact) mass is 474 g/mol. The first-order valence-electron chi connectivity index (χ1n) is 11.3.